The van der Waals surface area contributed by atoms with E-state index in [2.05, 4.69) is 182 Å². The zero-order chi connectivity index (χ0) is 37.6. The Morgan fingerprint density at radius 2 is 1.05 bits per heavy atom. The first kappa shape index (κ1) is 30.9. The lowest BCUT2D eigenvalue weighted by Crippen LogP contribution is -2.14. The zero-order valence-corrected chi connectivity index (χ0v) is 31.3. The van der Waals surface area contributed by atoms with Crippen LogP contribution in [0, 0.1) is 0 Å². The third-order valence-corrected chi connectivity index (χ3v) is 12.7. The van der Waals surface area contributed by atoms with Gasteiger partial charge in [0.2, 0.25) is 0 Å². The molecule has 0 unspecified atom stereocenters. The summed E-state index contributed by atoms with van der Waals surface area (Å²) in [5.41, 5.74) is 17.4. The molecule has 13 rings (SSSR count). The number of nitrogens with zero attached hydrogens (tertiary/aromatic N) is 5. The van der Waals surface area contributed by atoms with Gasteiger partial charge in [0, 0.05) is 32.7 Å². The number of benzene rings is 8. The molecule has 5 heteroatoms. The molecule has 0 spiro atoms. The molecule has 8 aromatic carbocycles. The molecule has 2 aliphatic rings. The minimum Gasteiger partial charge on any atom is -0.308 e. The summed E-state index contributed by atoms with van der Waals surface area (Å²) in [7, 11) is 0. The van der Waals surface area contributed by atoms with Gasteiger partial charge >= 0.3 is 0 Å². The SMILES string of the molecule is CC1(C)c2ccccc2-c2c(-c3nc4nc(-c5ccccc5-n5c6cccc7c6c6c8c(cccc8ccc65)-c5ccccc5-7)nn4c4ccccc34)cccc21. The van der Waals surface area contributed by atoms with Gasteiger partial charge in [-0.15, -0.1) is 5.10 Å². The number of para-hydroxylation sites is 2. The average molecular weight is 728 g/mol. The number of fused-ring (bicyclic) bond motifs is 9. The van der Waals surface area contributed by atoms with Crippen molar-refractivity contribution in [2.24, 2.45) is 0 Å². The maximum absolute atomic E-state index is 5.38. The largest absolute Gasteiger partial charge is 0.308 e. The van der Waals surface area contributed by atoms with Crippen LogP contribution in [0.3, 0.4) is 0 Å². The Hall–Kier alpha value is -7.37. The summed E-state index contributed by atoms with van der Waals surface area (Å²) < 4.78 is 4.34. The molecule has 57 heavy (non-hydrogen) atoms. The van der Waals surface area contributed by atoms with E-state index in [1.54, 1.807) is 0 Å². The molecule has 2 aliphatic carbocycles. The maximum Gasteiger partial charge on any atom is 0.253 e. The molecule has 0 amide bonds. The Morgan fingerprint density at radius 1 is 0.439 bits per heavy atom. The monoisotopic (exact) mass is 727 g/mol. The standard InChI is InChI=1S/C52H33N5/c1-52(2)39-23-8-5-17-35(39)46-38(22-12-24-40(46)52)49-36-18-6-10-26-42(36)57-51(53-49)54-50(55-57)37-19-7-9-25-41(37)56-43-27-13-21-34-32-16-4-3-15-31(32)33-20-11-14-30-28-29-44(56)48(45(30)33)47(34)43/h3-29H,1-2H3. The number of hydrogen-bond donors (Lipinski definition) is 0. The molecule has 266 valence electrons. The van der Waals surface area contributed by atoms with Crippen LogP contribution in [0.2, 0.25) is 0 Å². The highest BCUT2D eigenvalue weighted by Gasteiger charge is 2.37. The van der Waals surface area contributed by atoms with E-state index in [-0.39, 0.29) is 5.41 Å². The molecule has 0 fully saturated rings. The van der Waals surface area contributed by atoms with Crippen molar-refractivity contribution in [3.63, 3.8) is 0 Å². The van der Waals surface area contributed by atoms with E-state index in [9.17, 15) is 0 Å². The van der Waals surface area contributed by atoms with Crippen LogP contribution in [0.15, 0.2) is 164 Å². The molecular formula is C52H33N5. The second-order valence-electron chi connectivity index (χ2n) is 16.0. The Morgan fingerprint density at radius 3 is 1.91 bits per heavy atom. The summed E-state index contributed by atoms with van der Waals surface area (Å²) in [6.07, 6.45) is 0. The number of aromatic nitrogens is 5. The molecule has 0 atom stereocenters. The van der Waals surface area contributed by atoms with Gasteiger partial charge in [0.05, 0.1) is 27.9 Å². The van der Waals surface area contributed by atoms with E-state index in [0.717, 1.165) is 44.4 Å². The first-order chi connectivity index (χ1) is 28.1. The lowest BCUT2D eigenvalue weighted by Gasteiger charge is -2.21. The molecule has 11 aromatic rings. The summed E-state index contributed by atoms with van der Waals surface area (Å²) in [5, 5.41) is 11.4. The lowest BCUT2D eigenvalue weighted by molar-refractivity contribution is 0.660. The van der Waals surface area contributed by atoms with Crippen molar-refractivity contribution in [1.82, 2.24) is 24.1 Å². The number of hydrogen-bond acceptors (Lipinski definition) is 3. The molecule has 0 bridgehead atoms. The van der Waals surface area contributed by atoms with E-state index >= 15 is 0 Å². The van der Waals surface area contributed by atoms with Gasteiger partial charge in [-0.2, -0.15) is 9.50 Å². The van der Waals surface area contributed by atoms with Crippen LogP contribution in [0.25, 0.3) is 111 Å². The van der Waals surface area contributed by atoms with Gasteiger partial charge in [-0.3, -0.25) is 0 Å². The van der Waals surface area contributed by atoms with Crippen molar-refractivity contribution in [3.8, 4) is 61.7 Å². The highest BCUT2D eigenvalue weighted by Crippen LogP contribution is 2.53. The molecule has 0 saturated carbocycles. The molecule has 5 nitrogen and oxygen atoms in total. The maximum atomic E-state index is 5.38. The van der Waals surface area contributed by atoms with E-state index in [0.29, 0.717) is 11.6 Å². The van der Waals surface area contributed by atoms with Gasteiger partial charge in [-0.1, -0.05) is 147 Å². The Kier molecular flexibility index (Phi) is 5.91. The minimum absolute atomic E-state index is 0.114. The predicted molar refractivity (Wildman–Crippen MR) is 233 cm³/mol. The lowest BCUT2D eigenvalue weighted by atomic mass is 9.82. The van der Waals surface area contributed by atoms with Gasteiger partial charge in [-0.05, 0) is 85.6 Å². The fraction of sp³-hybridized carbons (Fsp3) is 0.0577. The second-order valence-corrected chi connectivity index (χ2v) is 16.0. The van der Waals surface area contributed by atoms with E-state index in [1.807, 2.05) is 4.52 Å². The predicted octanol–water partition coefficient (Wildman–Crippen LogP) is 12.8. The van der Waals surface area contributed by atoms with Crippen LogP contribution < -0.4 is 0 Å². The van der Waals surface area contributed by atoms with Crippen LogP contribution in [0.5, 0.6) is 0 Å². The van der Waals surface area contributed by atoms with E-state index in [1.165, 1.54) is 66.1 Å². The third-order valence-electron chi connectivity index (χ3n) is 12.7. The molecule has 0 saturated heterocycles. The quantitative estimate of drug-likeness (QED) is 0.182. The van der Waals surface area contributed by atoms with E-state index < -0.39 is 0 Å². The molecule has 3 aromatic heterocycles. The fourth-order valence-electron chi connectivity index (χ4n) is 10.3. The van der Waals surface area contributed by atoms with Crippen molar-refractivity contribution in [2.75, 3.05) is 0 Å². The molecule has 3 heterocycles. The van der Waals surface area contributed by atoms with Crippen LogP contribution >= 0.6 is 0 Å². The normalized spacial score (nSPS) is 13.6. The average Bonchev–Trinajstić information content (AvgIpc) is 3.89. The van der Waals surface area contributed by atoms with Crippen molar-refractivity contribution < 1.29 is 0 Å². The molecule has 0 N–H and O–H groups in total. The smallest absolute Gasteiger partial charge is 0.253 e. The third kappa shape index (κ3) is 3.95. The van der Waals surface area contributed by atoms with Crippen molar-refractivity contribution >= 4 is 49.3 Å². The van der Waals surface area contributed by atoms with Crippen LogP contribution in [0.4, 0.5) is 0 Å². The topological polar surface area (TPSA) is 48.0 Å². The van der Waals surface area contributed by atoms with Gasteiger partial charge in [0.15, 0.2) is 5.82 Å². The first-order valence-electron chi connectivity index (χ1n) is 19.6. The van der Waals surface area contributed by atoms with Crippen LogP contribution in [0.1, 0.15) is 25.0 Å². The van der Waals surface area contributed by atoms with Crippen LogP contribution in [-0.4, -0.2) is 24.1 Å². The van der Waals surface area contributed by atoms with Gasteiger partial charge in [-0.25, -0.2) is 4.98 Å². The van der Waals surface area contributed by atoms with Gasteiger partial charge in [0.25, 0.3) is 5.78 Å². The summed E-state index contributed by atoms with van der Waals surface area (Å²) in [6, 6.07) is 59.3. The van der Waals surface area contributed by atoms with Crippen LogP contribution in [-0.2, 0) is 5.41 Å². The van der Waals surface area contributed by atoms with Gasteiger partial charge in [0.1, 0.15) is 0 Å². The summed E-state index contributed by atoms with van der Waals surface area (Å²) in [4.78, 5) is 10.6. The first-order valence-corrected chi connectivity index (χ1v) is 19.6. The van der Waals surface area contributed by atoms with E-state index in [4.69, 9.17) is 15.1 Å². The van der Waals surface area contributed by atoms with Crippen molar-refractivity contribution in [3.05, 3.63) is 175 Å². The Balaban J connectivity index is 1.07. The minimum atomic E-state index is -0.114. The summed E-state index contributed by atoms with van der Waals surface area (Å²) in [6.45, 7) is 4.64. The van der Waals surface area contributed by atoms with Crippen molar-refractivity contribution in [1.29, 1.82) is 0 Å². The van der Waals surface area contributed by atoms with Gasteiger partial charge < -0.3 is 4.57 Å². The highest BCUT2D eigenvalue weighted by molar-refractivity contribution is 6.30. The highest BCUT2D eigenvalue weighted by atomic mass is 15.3. The summed E-state index contributed by atoms with van der Waals surface area (Å²) >= 11 is 0. The summed E-state index contributed by atoms with van der Waals surface area (Å²) in [5.74, 6) is 1.21. The fourth-order valence-corrected chi connectivity index (χ4v) is 10.3. The Labute approximate surface area is 328 Å². The molecule has 0 aliphatic heterocycles. The zero-order valence-electron chi connectivity index (χ0n) is 31.3. The second kappa shape index (κ2) is 10.9. The van der Waals surface area contributed by atoms with Crippen molar-refractivity contribution in [2.45, 2.75) is 19.3 Å². The molecular weight excluding hydrogens is 695 g/mol. The Bertz CT molecular complexity index is 3560. The molecule has 0 radical (unpaired) electrons. The number of rotatable bonds is 3.